The monoisotopic (exact) mass is 533 g/mol. The molecule has 2 aromatic rings. The summed E-state index contributed by atoms with van der Waals surface area (Å²) in [4.78, 5) is 26.5. The van der Waals surface area contributed by atoms with Gasteiger partial charge < -0.3 is 10.2 Å². The molecule has 0 spiro atoms. The molecule has 9 heteroatoms. The van der Waals surface area contributed by atoms with E-state index in [1.54, 1.807) is 17.0 Å². The Balaban J connectivity index is 1.47. The van der Waals surface area contributed by atoms with E-state index < -0.39 is 10.0 Å². The zero-order chi connectivity index (χ0) is 23.8. The van der Waals surface area contributed by atoms with Gasteiger partial charge in [0.2, 0.25) is 21.8 Å². The number of para-hydroxylation sites is 1. The smallest absolute Gasteiger partial charge is 0.244 e. The lowest BCUT2D eigenvalue weighted by Gasteiger charge is -2.31. The Kier molecular flexibility index (Phi) is 6.93. The summed E-state index contributed by atoms with van der Waals surface area (Å²) in [5.74, 6) is -0.405. The normalized spacial score (nSPS) is 17.1. The third-order valence-corrected chi connectivity index (χ3v) is 9.36. The maximum atomic E-state index is 13.4. The maximum Gasteiger partial charge on any atom is 0.244 e. The number of sulfonamides is 1. The van der Waals surface area contributed by atoms with Crippen LogP contribution in [0.5, 0.6) is 0 Å². The van der Waals surface area contributed by atoms with Gasteiger partial charge in [0.15, 0.2) is 0 Å². The number of aryl methyl sites for hydroxylation is 1. The molecule has 1 saturated heterocycles. The van der Waals surface area contributed by atoms with Crippen LogP contribution in [0.2, 0.25) is 0 Å². The molecule has 2 aliphatic rings. The maximum absolute atomic E-state index is 13.4. The minimum absolute atomic E-state index is 0.0660. The van der Waals surface area contributed by atoms with Gasteiger partial charge in [-0.25, -0.2) is 8.42 Å². The standard InChI is InChI=1S/C24H28BrN3O4S/c1-3-17-6-4-5-7-21(17)26-24(30)18-8-11-27(12-9-18)33(31,32)23-15-22-19(14-20(23)25)10-13-28(22)16(2)29/h4-7,14-15,18H,3,8-13H2,1-2H3,(H,26,30). The lowest BCUT2D eigenvalue weighted by molar-refractivity contribution is -0.121. The van der Waals surface area contributed by atoms with E-state index in [0.717, 1.165) is 23.2 Å². The second-order valence-corrected chi connectivity index (χ2v) is 11.3. The topological polar surface area (TPSA) is 86.8 Å². The van der Waals surface area contributed by atoms with Crippen molar-refractivity contribution in [2.75, 3.05) is 29.9 Å². The number of nitrogens with zero attached hydrogens (tertiary/aromatic N) is 2. The van der Waals surface area contributed by atoms with Crippen molar-refractivity contribution in [3.05, 3.63) is 52.0 Å². The number of anilines is 2. The molecule has 7 nitrogen and oxygen atoms in total. The number of hydrogen-bond donors (Lipinski definition) is 1. The molecule has 0 atom stereocenters. The number of amides is 2. The molecule has 2 aliphatic heterocycles. The number of piperidine rings is 1. The van der Waals surface area contributed by atoms with E-state index in [2.05, 4.69) is 21.2 Å². The van der Waals surface area contributed by atoms with Crippen LogP contribution < -0.4 is 10.2 Å². The summed E-state index contributed by atoms with van der Waals surface area (Å²) in [7, 11) is -3.77. The Morgan fingerprint density at radius 3 is 2.48 bits per heavy atom. The SMILES string of the molecule is CCc1ccccc1NC(=O)C1CCN(S(=O)(=O)c2cc3c(cc2Br)CCN3C(C)=O)CC1. The van der Waals surface area contributed by atoms with Crippen LogP contribution >= 0.6 is 15.9 Å². The number of nitrogens with one attached hydrogen (secondary N) is 1. The molecular weight excluding hydrogens is 506 g/mol. The molecule has 2 heterocycles. The number of halogens is 1. The van der Waals surface area contributed by atoms with E-state index >= 15 is 0 Å². The number of benzene rings is 2. The summed E-state index contributed by atoms with van der Waals surface area (Å²) in [6.07, 6.45) is 2.45. The number of fused-ring (bicyclic) bond motifs is 1. The van der Waals surface area contributed by atoms with Crippen molar-refractivity contribution < 1.29 is 18.0 Å². The lowest BCUT2D eigenvalue weighted by Crippen LogP contribution is -2.41. The van der Waals surface area contributed by atoms with Crippen LogP contribution in [0.3, 0.4) is 0 Å². The van der Waals surface area contributed by atoms with Crippen molar-refractivity contribution >= 4 is 49.1 Å². The molecule has 0 aliphatic carbocycles. The van der Waals surface area contributed by atoms with Crippen LogP contribution in [-0.4, -0.2) is 44.2 Å². The van der Waals surface area contributed by atoms with Gasteiger partial charge in [-0.1, -0.05) is 25.1 Å². The van der Waals surface area contributed by atoms with Crippen LogP contribution in [0, 0.1) is 5.92 Å². The highest BCUT2D eigenvalue weighted by molar-refractivity contribution is 9.10. The molecule has 33 heavy (non-hydrogen) atoms. The van der Waals surface area contributed by atoms with Crippen molar-refractivity contribution in [1.82, 2.24) is 4.31 Å². The van der Waals surface area contributed by atoms with Gasteiger partial charge in [-0.15, -0.1) is 0 Å². The van der Waals surface area contributed by atoms with Crippen molar-refractivity contribution in [2.24, 2.45) is 5.92 Å². The molecular formula is C24H28BrN3O4S. The molecule has 1 N–H and O–H groups in total. The average molecular weight is 534 g/mol. The molecule has 0 aromatic heterocycles. The summed E-state index contributed by atoms with van der Waals surface area (Å²) >= 11 is 3.42. The van der Waals surface area contributed by atoms with Gasteiger partial charge in [0.1, 0.15) is 0 Å². The molecule has 0 saturated carbocycles. The lowest BCUT2D eigenvalue weighted by atomic mass is 9.97. The summed E-state index contributed by atoms with van der Waals surface area (Å²) in [6.45, 7) is 4.63. The minimum Gasteiger partial charge on any atom is -0.326 e. The largest absolute Gasteiger partial charge is 0.326 e. The van der Waals surface area contributed by atoms with E-state index in [9.17, 15) is 18.0 Å². The zero-order valence-corrected chi connectivity index (χ0v) is 21.2. The number of carbonyl (C=O) groups is 2. The number of rotatable bonds is 5. The Morgan fingerprint density at radius 1 is 1.12 bits per heavy atom. The Labute approximate surface area is 203 Å². The van der Waals surface area contributed by atoms with E-state index in [0.29, 0.717) is 36.0 Å². The highest BCUT2D eigenvalue weighted by Gasteiger charge is 2.35. The number of hydrogen-bond acceptors (Lipinski definition) is 4. The first-order chi connectivity index (χ1) is 15.7. The predicted octanol–water partition coefficient (Wildman–Crippen LogP) is 3.96. The van der Waals surface area contributed by atoms with Gasteiger partial charge in [-0.3, -0.25) is 9.59 Å². The second kappa shape index (κ2) is 9.56. The molecule has 2 amide bonds. The van der Waals surface area contributed by atoms with E-state index in [1.807, 2.05) is 31.2 Å². The summed E-state index contributed by atoms with van der Waals surface area (Å²) in [5, 5.41) is 3.02. The molecule has 2 aromatic carbocycles. The Bertz CT molecular complexity index is 1190. The van der Waals surface area contributed by atoms with E-state index in [1.165, 1.54) is 11.2 Å². The van der Waals surface area contributed by atoms with Gasteiger partial charge in [-0.2, -0.15) is 4.31 Å². The Morgan fingerprint density at radius 2 is 1.82 bits per heavy atom. The van der Waals surface area contributed by atoms with E-state index in [-0.39, 0.29) is 35.7 Å². The highest BCUT2D eigenvalue weighted by atomic mass is 79.9. The first kappa shape index (κ1) is 23.9. The van der Waals surface area contributed by atoms with E-state index in [4.69, 9.17) is 0 Å². The summed E-state index contributed by atoms with van der Waals surface area (Å²) in [5.41, 5.74) is 3.51. The fraction of sp³-hybridized carbons (Fsp3) is 0.417. The fourth-order valence-corrected chi connectivity index (χ4v) is 7.14. The molecule has 0 bridgehead atoms. The molecule has 0 radical (unpaired) electrons. The van der Waals surface area contributed by atoms with Crippen LogP contribution in [-0.2, 0) is 32.5 Å². The average Bonchev–Trinajstić information content (AvgIpc) is 3.22. The van der Waals surface area contributed by atoms with Gasteiger partial charge in [0.05, 0.1) is 4.90 Å². The van der Waals surface area contributed by atoms with Crippen molar-refractivity contribution in [1.29, 1.82) is 0 Å². The zero-order valence-electron chi connectivity index (χ0n) is 18.8. The van der Waals surface area contributed by atoms with Gasteiger partial charge in [0, 0.05) is 48.3 Å². The Hall–Kier alpha value is -2.23. The van der Waals surface area contributed by atoms with Gasteiger partial charge in [-0.05, 0) is 70.9 Å². The third-order valence-electron chi connectivity index (χ3n) is 6.51. The first-order valence-electron chi connectivity index (χ1n) is 11.2. The highest BCUT2D eigenvalue weighted by Crippen LogP contribution is 2.37. The molecule has 1 fully saturated rings. The van der Waals surface area contributed by atoms with Gasteiger partial charge >= 0.3 is 0 Å². The second-order valence-electron chi connectivity index (χ2n) is 8.51. The van der Waals surface area contributed by atoms with Crippen LogP contribution in [0.4, 0.5) is 11.4 Å². The predicted molar refractivity (Wildman–Crippen MR) is 132 cm³/mol. The summed E-state index contributed by atoms with van der Waals surface area (Å²) in [6, 6.07) is 11.1. The molecule has 176 valence electrons. The first-order valence-corrected chi connectivity index (χ1v) is 13.4. The summed E-state index contributed by atoms with van der Waals surface area (Å²) < 4.78 is 28.8. The quantitative estimate of drug-likeness (QED) is 0.630. The van der Waals surface area contributed by atoms with Crippen molar-refractivity contribution in [3.8, 4) is 0 Å². The van der Waals surface area contributed by atoms with Crippen LogP contribution in [0.1, 0.15) is 37.8 Å². The van der Waals surface area contributed by atoms with Gasteiger partial charge in [0.25, 0.3) is 0 Å². The fourth-order valence-electron chi connectivity index (χ4n) is 4.60. The number of carbonyl (C=O) groups excluding carboxylic acids is 2. The van der Waals surface area contributed by atoms with Crippen LogP contribution in [0.15, 0.2) is 45.8 Å². The molecule has 4 rings (SSSR count). The molecule has 0 unspecified atom stereocenters. The van der Waals surface area contributed by atoms with Crippen LogP contribution in [0.25, 0.3) is 0 Å². The minimum atomic E-state index is -3.77. The third kappa shape index (κ3) is 4.72. The van der Waals surface area contributed by atoms with Crippen molar-refractivity contribution in [3.63, 3.8) is 0 Å². The van der Waals surface area contributed by atoms with Crippen molar-refractivity contribution in [2.45, 2.75) is 44.4 Å².